The van der Waals surface area contributed by atoms with Gasteiger partial charge < -0.3 is 13.7 Å². The second kappa shape index (κ2) is 19.4. The Kier molecular flexibility index (Phi) is 11.3. The molecule has 0 amide bonds. The predicted octanol–water partition coefficient (Wildman–Crippen LogP) is 20.4. The minimum Gasteiger partial charge on any atom is -0.309 e. The van der Waals surface area contributed by atoms with Gasteiger partial charge in [-0.3, -0.25) is 0 Å². The summed E-state index contributed by atoms with van der Waals surface area (Å²) in [6.07, 6.45) is 0. The van der Waals surface area contributed by atoms with Crippen molar-refractivity contribution >= 4 is 65.4 Å². The van der Waals surface area contributed by atoms with Crippen LogP contribution in [0.25, 0.3) is 150 Å². The van der Waals surface area contributed by atoms with E-state index in [2.05, 4.69) is 307 Å². The first-order valence-corrected chi connectivity index (χ1v) is 28.5. The third-order valence-electron chi connectivity index (χ3n) is 16.7. The van der Waals surface area contributed by atoms with E-state index in [1.54, 1.807) is 0 Å². The average Bonchev–Trinajstić information content (AvgIpc) is 3.29. The van der Waals surface area contributed by atoms with Crippen LogP contribution in [0.15, 0.2) is 285 Å². The van der Waals surface area contributed by atoms with E-state index in [9.17, 15) is 0 Å². The van der Waals surface area contributed by atoms with Crippen molar-refractivity contribution in [1.29, 1.82) is 0 Å². The number of hydrogen-bond donors (Lipinski definition) is 0. The number of hydrogen-bond acceptors (Lipinski definition) is 2. The minimum atomic E-state index is 0.669. The Morgan fingerprint density at radius 3 is 1.08 bits per heavy atom. The summed E-state index contributed by atoms with van der Waals surface area (Å²) >= 11 is 0. The molecule has 12 aromatic carbocycles. The van der Waals surface area contributed by atoms with Gasteiger partial charge in [-0.2, -0.15) is 0 Å². The maximum Gasteiger partial charge on any atom is 0.160 e. The molecule has 0 atom stereocenters. The van der Waals surface area contributed by atoms with E-state index in [0.29, 0.717) is 5.82 Å². The van der Waals surface area contributed by atoms with Crippen molar-refractivity contribution in [1.82, 2.24) is 23.7 Å². The van der Waals surface area contributed by atoms with Crippen LogP contribution >= 0.6 is 0 Å². The second-order valence-electron chi connectivity index (χ2n) is 21.9. The van der Waals surface area contributed by atoms with E-state index < -0.39 is 0 Å². The topological polar surface area (TPSA) is 40.6 Å². The van der Waals surface area contributed by atoms with Gasteiger partial charge in [0, 0.05) is 71.5 Å². The van der Waals surface area contributed by atoms with Crippen molar-refractivity contribution in [3.8, 4) is 84.3 Å². The van der Waals surface area contributed by atoms with Crippen molar-refractivity contribution in [3.63, 3.8) is 0 Å². The first kappa shape index (κ1) is 48.1. The molecule has 0 saturated heterocycles. The van der Waals surface area contributed by atoms with Gasteiger partial charge >= 0.3 is 0 Å². The molecule has 0 bridgehead atoms. The lowest BCUT2D eigenvalue weighted by atomic mass is 9.91. The Bertz CT molecular complexity index is 4840. The molecule has 4 heterocycles. The normalized spacial score (nSPS) is 11.7. The van der Waals surface area contributed by atoms with Gasteiger partial charge in [0.15, 0.2) is 5.82 Å². The van der Waals surface area contributed by atoms with Crippen LogP contribution in [0.3, 0.4) is 0 Å². The molecule has 16 aromatic rings. The molecule has 0 saturated carbocycles. The van der Waals surface area contributed by atoms with Gasteiger partial charge in [-0.05, 0) is 121 Å². The molecule has 4 aromatic heterocycles. The molecule has 0 aliphatic rings. The highest BCUT2D eigenvalue weighted by molar-refractivity contribution is 6.13. The lowest BCUT2D eigenvalue weighted by Gasteiger charge is -2.22. The van der Waals surface area contributed by atoms with E-state index in [1.165, 1.54) is 76.6 Å². The monoisotopic (exact) mass is 1060 g/mol. The largest absolute Gasteiger partial charge is 0.309 e. The van der Waals surface area contributed by atoms with Gasteiger partial charge in [-0.1, -0.05) is 211 Å². The van der Waals surface area contributed by atoms with Crippen LogP contribution in [0.4, 0.5) is 0 Å². The summed E-state index contributed by atoms with van der Waals surface area (Å²) in [7, 11) is 0. The molecule has 0 radical (unpaired) electrons. The van der Waals surface area contributed by atoms with Crippen LogP contribution in [0.5, 0.6) is 0 Å². The number of rotatable bonds is 9. The zero-order valence-electron chi connectivity index (χ0n) is 45.9. The number of aromatic nitrogens is 5. The molecule has 0 aliphatic heterocycles. The van der Waals surface area contributed by atoms with Crippen molar-refractivity contribution in [2.75, 3.05) is 0 Å². The fraction of sp³-hybridized carbons (Fsp3) is 0.0256. The number of fused-ring (bicyclic) bond motifs is 9. The average molecular weight is 1060 g/mol. The summed E-state index contributed by atoms with van der Waals surface area (Å²) in [4.78, 5) is 10.8. The van der Waals surface area contributed by atoms with Gasteiger partial charge in [0.05, 0.1) is 50.2 Å². The highest BCUT2D eigenvalue weighted by atomic mass is 15.0. The number of nitrogens with zero attached hydrogens (tertiary/aromatic N) is 5. The van der Waals surface area contributed by atoms with Crippen LogP contribution in [-0.4, -0.2) is 23.7 Å². The van der Waals surface area contributed by atoms with Crippen molar-refractivity contribution < 1.29 is 0 Å². The van der Waals surface area contributed by atoms with E-state index in [1.807, 2.05) is 6.07 Å². The number of benzene rings is 12. The summed E-state index contributed by atoms with van der Waals surface area (Å²) in [6, 6.07) is 104. The van der Waals surface area contributed by atoms with Crippen LogP contribution < -0.4 is 0 Å². The Hall–Kier alpha value is -10.9. The fourth-order valence-corrected chi connectivity index (χ4v) is 13.0. The van der Waals surface area contributed by atoms with E-state index in [4.69, 9.17) is 9.97 Å². The van der Waals surface area contributed by atoms with Gasteiger partial charge in [-0.15, -0.1) is 0 Å². The molecule has 0 fully saturated rings. The second-order valence-corrected chi connectivity index (χ2v) is 21.9. The number of para-hydroxylation sites is 5. The summed E-state index contributed by atoms with van der Waals surface area (Å²) in [5, 5.41) is 7.32. The molecule has 0 unspecified atom stereocenters. The lowest BCUT2D eigenvalue weighted by Crippen LogP contribution is -2.03. The Balaban J connectivity index is 0.994. The van der Waals surface area contributed by atoms with E-state index in [-0.39, 0.29) is 0 Å². The van der Waals surface area contributed by atoms with Gasteiger partial charge in [-0.25, -0.2) is 9.97 Å². The highest BCUT2D eigenvalue weighted by Gasteiger charge is 2.24. The lowest BCUT2D eigenvalue weighted by molar-refractivity contribution is 1.16. The maximum atomic E-state index is 5.50. The summed E-state index contributed by atoms with van der Waals surface area (Å²) < 4.78 is 7.32. The highest BCUT2D eigenvalue weighted by Crippen LogP contribution is 2.46. The SMILES string of the molecule is Cc1cc(C)cc(-c2ccc3c(c2)c2ccccc2n3-c2c(-c3ccc(-n4c5ccccc5c5ccccc54)cc3)cc(-c3cc(-c4ccccc4)nc(-c4ccccc4)n3)cc2-c2ccc(-n3c4ccccc4c4ccccc43)cc2)c1. The standard InChI is InChI=1S/C78H53N5/c1-50-43-51(2)45-57(44-50)56-37-42-76-68(46-56)65-27-13-18-32-75(65)83(76)77-66(52-33-38-59(39-34-52)81-71-28-14-9-23-61(71)62-24-10-15-29-72(62)81)47-58(70-49-69(54-19-5-3-6-20-54)79-78(80-70)55-21-7-4-8-22-55)48-67(77)53-35-40-60(41-36-53)82-73-30-16-11-25-63(73)64-26-12-17-31-74(64)82/h3-49H,1-2H3. The molecule has 0 N–H and O–H groups in total. The molecular weight excluding hydrogens is 1010 g/mol. The molecule has 16 rings (SSSR count). The predicted molar refractivity (Wildman–Crippen MR) is 347 cm³/mol. The van der Waals surface area contributed by atoms with Crippen molar-refractivity contribution in [2.24, 2.45) is 0 Å². The molecule has 83 heavy (non-hydrogen) atoms. The van der Waals surface area contributed by atoms with Gasteiger partial charge in [0.1, 0.15) is 0 Å². The molecular formula is C78H53N5. The maximum absolute atomic E-state index is 5.50. The summed E-state index contributed by atoms with van der Waals surface area (Å²) in [6.45, 7) is 4.37. The third kappa shape index (κ3) is 8.08. The van der Waals surface area contributed by atoms with Gasteiger partial charge in [0.25, 0.3) is 0 Å². The smallest absolute Gasteiger partial charge is 0.160 e. The van der Waals surface area contributed by atoms with Crippen LogP contribution in [0.2, 0.25) is 0 Å². The molecule has 5 heteroatoms. The summed E-state index contributed by atoms with van der Waals surface area (Å²) in [5.74, 6) is 0.669. The quantitative estimate of drug-likeness (QED) is 0.145. The molecule has 0 spiro atoms. The Morgan fingerprint density at radius 1 is 0.241 bits per heavy atom. The number of aryl methyl sites for hydroxylation is 2. The van der Waals surface area contributed by atoms with E-state index in [0.717, 1.165) is 78.4 Å². The zero-order chi connectivity index (χ0) is 55.1. The third-order valence-corrected chi connectivity index (χ3v) is 16.7. The molecule has 5 nitrogen and oxygen atoms in total. The first-order chi connectivity index (χ1) is 41.0. The van der Waals surface area contributed by atoms with Crippen LogP contribution in [0.1, 0.15) is 11.1 Å². The first-order valence-electron chi connectivity index (χ1n) is 28.5. The molecule has 0 aliphatic carbocycles. The molecule has 390 valence electrons. The fourth-order valence-electron chi connectivity index (χ4n) is 13.0. The Labute approximate surface area is 480 Å². The van der Waals surface area contributed by atoms with E-state index >= 15 is 0 Å². The van der Waals surface area contributed by atoms with Gasteiger partial charge in [0.2, 0.25) is 0 Å². The minimum absolute atomic E-state index is 0.669. The summed E-state index contributed by atoms with van der Waals surface area (Å²) in [5.41, 5.74) is 24.1. The van der Waals surface area contributed by atoms with Crippen LogP contribution in [-0.2, 0) is 0 Å². The van der Waals surface area contributed by atoms with Crippen molar-refractivity contribution in [3.05, 3.63) is 296 Å². The van der Waals surface area contributed by atoms with Crippen LogP contribution in [0, 0.1) is 13.8 Å². The zero-order valence-corrected chi connectivity index (χ0v) is 45.9. The Morgan fingerprint density at radius 2 is 0.614 bits per heavy atom. The van der Waals surface area contributed by atoms with Crippen molar-refractivity contribution in [2.45, 2.75) is 13.8 Å².